The normalized spacial score (nSPS) is 36.3. The van der Waals surface area contributed by atoms with Crippen molar-refractivity contribution in [3.8, 4) is 0 Å². The molecule has 3 aliphatic heterocycles. The number of nitrogens with one attached hydrogen (secondary N) is 2. The maximum atomic E-state index is 13.8. The summed E-state index contributed by atoms with van der Waals surface area (Å²) in [6.07, 6.45) is 5.74. The Labute approximate surface area is 206 Å². The summed E-state index contributed by atoms with van der Waals surface area (Å²) < 4.78 is 6.67. The SMILES string of the molecule is CC1CC23O[C@@]1(C)[C@H](C(=O)NCc1ccccc1)[C@H]2C(=O)N(CCO)C3C(=O)NC1CCCCC1. The summed E-state index contributed by atoms with van der Waals surface area (Å²) in [5, 5.41) is 15.9. The number of fused-ring (bicyclic) bond motifs is 1. The lowest BCUT2D eigenvalue weighted by Gasteiger charge is -2.36. The average Bonchev–Trinajstić information content (AvgIpc) is 3.36. The van der Waals surface area contributed by atoms with Gasteiger partial charge in [0.15, 0.2) is 0 Å². The summed E-state index contributed by atoms with van der Waals surface area (Å²) in [5.74, 6) is -2.15. The number of carbonyl (C=O) groups is 3. The second-order valence-corrected chi connectivity index (χ2v) is 11.0. The van der Waals surface area contributed by atoms with Crippen molar-refractivity contribution in [3.05, 3.63) is 35.9 Å². The molecule has 1 aliphatic carbocycles. The van der Waals surface area contributed by atoms with Gasteiger partial charge in [0.1, 0.15) is 11.6 Å². The lowest BCUT2D eigenvalue weighted by Crippen LogP contribution is -2.57. The minimum absolute atomic E-state index is 0.00178. The first-order valence-corrected chi connectivity index (χ1v) is 13.1. The van der Waals surface area contributed by atoms with Crippen LogP contribution in [0.3, 0.4) is 0 Å². The molecule has 4 fully saturated rings. The summed E-state index contributed by atoms with van der Waals surface area (Å²) in [6, 6.07) is 8.90. The van der Waals surface area contributed by atoms with Crippen molar-refractivity contribution in [1.29, 1.82) is 0 Å². The molecule has 2 bridgehead atoms. The monoisotopic (exact) mass is 483 g/mol. The predicted molar refractivity (Wildman–Crippen MR) is 129 cm³/mol. The summed E-state index contributed by atoms with van der Waals surface area (Å²) >= 11 is 0. The molecular weight excluding hydrogens is 446 g/mol. The van der Waals surface area contributed by atoms with Crippen LogP contribution in [0.5, 0.6) is 0 Å². The number of rotatable bonds is 7. The highest BCUT2D eigenvalue weighted by Gasteiger charge is 2.79. The topological polar surface area (TPSA) is 108 Å². The van der Waals surface area contributed by atoms with E-state index in [9.17, 15) is 19.5 Å². The molecule has 3 N–H and O–H groups in total. The summed E-state index contributed by atoms with van der Waals surface area (Å²) in [4.78, 5) is 42.5. The van der Waals surface area contributed by atoms with Gasteiger partial charge in [-0.25, -0.2) is 0 Å². The zero-order chi connectivity index (χ0) is 24.8. The Balaban J connectivity index is 1.44. The molecule has 3 unspecified atom stereocenters. The Morgan fingerprint density at radius 1 is 1.14 bits per heavy atom. The second-order valence-electron chi connectivity index (χ2n) is 11.0. The van der Waals surface area contributed by atoms with E-state index in [4.69, 9.17) is 4.74 Å². The third-order valence-electron chi connectivity index (χ3n) is 8.95. The lowest BCUT2D eigenvalue weighted by atomic mass is 9.62. The number of ether oxygens (including phenoxy) is 1. The molecule has 3 saturated heterocycles. The number of benzene rings is 1. The highest BCUT2D eigenvalue weighted by molar-refractivity contribution is 5.99. The van der Waals surface area contributed by atoms with E-state index in [1.807, 2.05) is 44.2 Å². The quantitative estimate of drug-likeness (QED) is 0.548. The van der Waals surface area contributed by atoms with Gasteiger partial charge in [-0.3, -0.25) is 14.4 Å². The van der Waals surface area contributed by atoms with Crippen LogP contribution in [-0.4, -0.2) is 64.2 Å². The molecule has 5 rings (SSSR count). The molecule has 3 heterocycles. The molecular formula is C27H37N3O5. The Bertz CT molecular complexity index is 980. The molecule has 6 atom stereocenters. The van der Waals surface area contributed by atoms with Gasteiger partial charge in [-0.05, 0) is 37.7 Å². The second kappa shape index (κ2) is 9.21. The number of hydrogen-bond acceptors (Lipinski definition) is 5. The van der Waals surface area contributed by atoms with E-state index in [1.165, 1.54) is 11.3 Å². The smallest absolute Gasteiger partial charge is 0.246 e. The van der Waals surface area contributed by atoms with Crippen LogP contribution in [0.2, 0.25) is 0 Å². The molecule has 3 amide bonds. The van der Waals surface area contributed by atoms with Crippen LogP contribution in [0.15, 0.2) is 30.3 Å². The van der Waals surface area contributed by atoms with Crippen LogP contribution in [0.4, 0.5) is 0 Å². The molecule has 4 aliphatic rings. The van der Waals surface area contributed by atoms with Gasteiger partial charge in [0, 0.05) is 19.1 Å². The number of likely N-dealkylation sites (tertiary alicyclic amines) is 1. The number of carbonyl (C=O) groups excluding carboxylic acids is 3. The molecule has 1 spiro atoms. The van der Waals surface area contributed by atoms with E-state index in [2.05, 4.69) is 10.6 Å². The Kier molecular flexibility index (Phi) is 6.38. The minimum atomic E-state index is -1.06. The first-order valence-electron chi connectivity index (χ1n) is 13.1. The van der Waals surface area contributed by atoms with Crippen molar-refractivity contribution in [3.63, 3.8) is 0 Å². The van der Waals surface area contributed by atoms with Crippen molar-refractivity contribution in [2.75, 3.05) is 13.2 Å². The van der Waals surface area contributed by atoms with Crippen LogP contribution in [0.1, 0.15) is 57.9 Å². The number of amides is 3. The van der Waals surface area contributed by atoms with Gasteiger partial charge in [0.25, 0.3) is 0 Å². The molecule has 8 nitrogen and oxygen atoms in total. The van der Waals surface area contributed by atoms with E-state index >= 15 is 0 Å². The van der Waals surface area contributed by atoms with Crippen LogP contribution < -0.4 is 10.6 Å². The standard InChI is InChI=1S/C27H37N3O5/c1-17-15-27-21(20(26(17,2)35-27)23(32)28-16-18-9-5-3-6-10-18)25(34)30(13-14-31)22(27)24(33)29-19-11-7-4-8-12-19/h3,5-6,9-10,17,19-22,31H,4,7-8,11-16H2,1-2H3,(H,28,32)(H,29,33)/t17?,20-,21-,22?,26+,27?/m0/s1. The van der Waals surface area contributed by atoms with Gasteiger partial charge in [-0.2, -0.15) is 0 Å². The van der Waals surface area contributed by atoms with Crippen LogP contribution in [-0.2, 0) is 25.7 Å². The first kappa shape index (κ1) is 24.3. The van der Waals surface area contributed by atoms with Crippen LogP contribution in [0, 0.1) is 17.8 Å². The van der Waals surface area contributed by atoms with Gasteiger partial charge >= 0.3 is 0 Å². The maximum Gasteiger partial charge on any atom is 0.246 e. The number of aliphatic hydroxyl groups excluding tert-OH is 1. The number of aliphatic hydroxyl groups is 1. The van der Waals surface area contributed by atoms with Crippen molar-refractivity contribution in [2.45, 2.75) is 82.2 Å². The molecule has 1 aromatic carbocycles. The van der Waals surface area contributed by atoms with Gasteiger partial charge in [0.05, 0.1) is 24.0 Å². The van der Waals surface area contributed by atoms with Crippen molar-refractivity contribution in [1.82, 2.24) is 15.5 Å². The highest BCUT2D eigenvalue weighted by Crippen LogP contribution is 2.65. The zero-order valence-electron chi connectivity index (χ0n) is 20.7. The first-order chi connectivity index (χ1) is 16.8. The van der Waals surface area contributed by atoms with Gasteiger partial charge in [-0.15, -0.1) is 0 Å². The Morgan fingerprint density at radius 2 is 1.86 bits per heavy atom. The van der Waals surface area contributed by atoms with E-state index in [1.54, 1.807) is 0 Å². The third kappa shape index (κ3) is 3.85. The fraction of sp³-hybridized carbons (Fsp3) is 0.667. The van der Waals surface area contributed by atoms with Crippen molar-refractivity contribution in [2.24, 2.45) is 17.8 Å². The molecule has 0 radical (unpaired) electrons. The average molecular weight is 484 g/mol. The summed E-state index contributed by atoms with van der Waals surface area (Å²) in [6.45, 7) is 4.11. The zero-order valence-corrected chi connectivity index (χ0v) is 20.7. The Hall–Kier alpha value is -2.45. The molecule has 190 valence electrons. The number of hydrogen-bond donors (Lipinski definition) is 3. The lowest BCUT2D eigenvalue weighted by molar-refractivity contribution is -0.148. The minimum Gasteiger partial charge on any atom is -0.395 e. The van der Waals surface area contributed by atoms with E-state index in [0.29, 0.717) is 13.0 Å². The molecule has 1 aromatic rings. The van der Waals surface area contributed by atoms with Gasteiger partial charge < -0.3 is 25.4 Å². The van der Waals surface area contributed by atoms with E-state index in [-0.39, 0.29) is 42.8 Å². The molecule has 8 heteroatoms. The van der Waals surface area contributed by atoms with Crippen LogP contribution in [0.25, 0.3) is 0 Å². The highest BCUT2D eigenvalue weighted by atomic mass is 16.5. The number of β-amino-alcohol motifs (C(OH)–C–C–N with tert-alkyl or cyclic N) is 1. The fourth-order valence-electron chi connectivity index (χ4n) is 7.21. The molecule has 35 heavy (non-hydrogen) atoms. The summed E-state index contributed by atoms with van der Waals surface area (Å²) in [5.41, 5.74) is -0.925. The predicted octanol–water partition coefficient (Wildman–Crippen LogP) is 1.75. The van der Waals surface area contributed by atoms with Crippen molar-refractivity contribution >= 4 is 17.7 Å². The third-order valence-corrected chi connectivity index (χ3v) is 8.95. The molecule has 0 aromatic heterocycles. The Morgan fingerprint density at radius 3 is 2.54 bits per heavy atom. The molecule has 1 saturated carbocycles. The van der Waals surface area contributed by atoms with E-state index in [0.717, 1.165) is 31.2 Å². The number of nitrogens with zero attached hydrogens (tertiary/aromatic N) is 1. The van der Waals surface area contributed by atoms with Gasteiger partial charge in [0.2, 0.25) is 17.7 Å². The maximum absolute atomic E-state index is 13.8. The van der Waals surface area contributed by atoms with Crippen LogP contribution >= 0.6 is 0 Å². The van der Waals surface area contributed by atoms with Gasteiger partial charge in [-0.1, -0.05) is 56.5 Å². The largest absolute Gasteiger partial charge is 0.395 e. The fourth-order valence-corrected chi connectivity index (χ4v) is 7.21. The summed E-state index contributed by atoms with van der Waals surface area (Å²) in [7, 11) is 0. The van der Waals surface area contributed by atoms with Crippen molar-refractivity contribution < 1.29 is 24.2 Å². The van der Waals surface area contributed by atoms with E-state index < -0.39 is 29.1 Å².